The van der Waals surface area contributed by atoms with Crippen LogP contribution in [-0.4, -0.2) is 97.1 Å². The predicted octanol–water partition coefficient (Wildman–Crippen LogP) is 1.92. The van der Waals surface area contributed by atoms with Crippen LogP contribution in [0.2, 0.25) is 0 Å². The van der Waals surface area contributed by atoms with E-state index < -0.39 is 17.2 Å². The molecule has 2 saturated heterocycles. The van der Waals surface area contributed by atoms with Gasteiger partial charge in [-0.3, -0.25) is 4.79 Å². The van der Waals surface area contributed by atoms with Crippen molar-refractivity contribution in [2.24, 2.45) is 0 Å². The summed E-state index contributed by atoms with van der Waals surface area (Å²) in [6, 6.07) is 0.0495. The normalized spacial score (nSPS) is 19.3. The number of carbonyl (C=O) groups is 2. The second-order valence-corrected chi connectivity index (χ2v) is 11.9. The number of rotatable bonds is 5. The quantitative estimate of drug-likeness (QED) is 0.465. The van der Waals surface area contributed by atoms with Gasteiger partial charge < -0.3 is 30.3 Å². The summed E-state index contributed by atoms with van der Waals surface area (Å²) in [7, 11) is 0. The fourth-order valence-electron chi connectivity index (χ4n) is 5.40. The Labute approximate surface area is 237 Å². The van der Waals surface area contributed by atoms with E-state index >= 15 is 0 Å². The van der Waals surface area contributed by atoms with Gasteiger partial charge in [0.15, 0.2) is 5.65 Å². The Balaban J connectivity index is 1.22. The van der Waals surface area contributed by atoms with Gasteiger partial charge in [0, 0.05) is 44.1 Å². The van der Waals surface area contributed by atoms with Crippen molar-refractivity contribution < 1.29 is 19.1 Å². The Morgan fingerprint density at radius 2 is 1.73 bits per heavy atom. The third-order valence-electron chi connectivity index (χ3n) is 7.68. The van der Waals surface area contributed by atoms with Crippen molar-refractivity contribution in [3.8, 4) is 11.3 Å². The van der Waals surface area contributed by atoms with Crippen molar-refractivity contribution in [1.29, 1.82) is 0 Å². The van der Waals surface area contributed by atoms with Crippen molar-refractivity contribution in [3.05, 3.63) is 18.6 Å². The second kappa shape index (κ2) is 10.4. The highest BCUT2D eigenvalue weighted by atomic mass is 16.6. The molecular weight excluding hydrogens is 528 g/mol. The lowest BCUT2D eigenvalue weighted by Gasteiger charge is -2.35. The van der Waals surface area contributed by atoms with Crippen molar-refractivity contribution in [2.45, 2.75) is 63.6 Å². The standard InChI is InChI=1S/C27H36N10O4/c1-26(2,3)41-25(39)34-27(6-7-27)22(38)35-8-4-18(5-9-35)37-21-19(16-31-37)20(17-14-29-23(28)30-15-17)32-24(33-21)36-10-12-40-13-11-36/h14-16,18H,4-13H2,1-3H3,(H,34,39)(H2,28,29,30). The summed E-state index contributed by atoms with van der Waals surface area (Å²) in [6.45, 7) is 9.13. The van der Waals surface area contributed by atoms with E-state index in [1.165, 1.54) is 0 Å². The molecule has 6 rings (SSSR count). The molecule has 2 amide bonds. The third kappa shape index (κ3) is 5.60. The first kappa shape index (κ1) is 27.1. The van der Waals surface area contributed by atoms with Crippen LogP contribution < -0.4 is 16.0 Å². The van der Waals surface area contributed by atoms with Crippen molar-refractivity contribution in [2.75, 3.05) is 50.0 Å². The number of piperidine rings is 1. The topological polar surface area (TPSA) is 167 Å². The molecule has 0 spiro atoms. The molecule has 41 heavy (non-hydrogen) atoms. The molecule has 0 aromatic carbocycles. The Bertz CT molecular complexity index is 1430. The number of hydrogen-bond acceptors (Lipinski definition) is 11. The fourth-order valence-corrected chi connectivity index (χ4v) is 5.40. The number of fused-ring (bicyclic) bond motifs is 1. The molecule has 0 unspecified atom stereocenters. The minimum Gasteiger partial charge on any atom is -0.444 e. The summed E-state index contributed by atoms with van der Waals surface area (Å²) in [4.78, 5) is 47.9. The molecule has 3 fully saturated rings. The third-order valence-corrected chi connectivity index (χ3v) is 7.68. The van der Waals surface area contributed by atoms with Gasteiger partial charge >= 0.3 is 6.09 Å². The molecule has 218 valence electrons. The van der Waals surface area contributed by atoms with Gasteiger partial charge in [-0.15, -0.1) is 0 Å². The van der Waals surface area contributed by atoms with E-state index in [1.807, 2.05) is 9.58 Å². The summed E-state index contributed by atoms with van der Waals surface area (Å²) in [5.41, 5.74) is 6.40. The fraction of sp³-hybridized carbons (Fsp3) is 0.593. The van der Waals surface area contributed by atoms with Gasteiger partial charge in [0.1, 0.15) is 11.1 Å². The van der Waals surface area contributed by atoms with Crippen molar-refractivity contribution >= 4 is 34.9 Å². The van der Waals surface area contributed by atoms with Crippen LogP contribution in [0.25, 0.3) is 22.3 Å². The lowest BCUT2D eigenvalue weighted by Crippen LogP contribution is -2.53. The molecule has 0 atom stereocenters. The molecule has 0 bridgehead atoms. The Hall–Kier alpha value is -4.07. The molecule has 2 aliphatic heterocycles. The molecule has 3 aromatic rings. The molecule has 0 radical (unpaired) electrons. The minimum atomic E-state index is -0.857. The van der Waals surface area contributed by atoms with E-state index in [-0.39, 0.29) is 17.9 Å². The van der Waals surface area contributed by atoms with E-state index in [0.717, 1.165) is 16.6 Å². The highest BCUT2D eigenvalue weighted by Crippen LogP contribution is 2.39. The average Bonchev–Trinajstić information content (AvgIpc) is 3.60. The van der Waals surface area contributed by atoms with E-state index in [0.29, 0.717) is 76.7 Å². The number of nitrogen functional groups attached to an aromatic ring is 1. The zero-order chi connectivity index (χ0) is 28.8. The predicted molar refractivity (Wildman–Crippen MR) is 150 cm³/mol. The molecule has 1 aliphatic carbocycles. The highest BCUT2D eigenvalue weighted by Gasteiger charge is 2.54. The smallest absolute Gasteiger partial charge is 0.408 e. The average molecular weight is 565 g/mol. The largest absolute Gasteiger partial charge is 0.444 e. The number of anilines is 2. The number of carbonyl (C=O) groups excluding carboxylic acids is 2. The minimum absolute atomic E-state index is 0.0466. The number of amides is 2. The first-order valence-electron chi connectivity index (χ1n) is 14.1. The summed E-state index contributed by atoms with van der Waals surface area (Å²) in [5, 5.41) is 8.37. The number of morpholine rings is 1. The molecule has 5 heterocycles. The van der Waals surface area contributed by atoms with E-state index in [2.05, 4.69) is 20.2 Å². The summed E-state index contributed by atoms with van der Waals surface area (Å²) in [6.07, 6.45) is 7.21. The van der Waals surface area contributed by atoms with Crippen LogP contribution in [0.15, 0.2) is 18.6 Å². The van der Waals surface area contributed by atoms with E-state index in [1.54, 1.807) is 39.4 Å². The van der Waals surface area contributed by atoms with Crippen LogP contribution in [0.1, 0.15) is 52.5 Å². The van der Waals surface area contributed by atoms with Gasteiger partial charge in [0.25, 0.3) is 0 Å². The molecular formula is C27H36N10O4. The number of nitrogens with zero attached hydrogens (tertiary/aromatic N) is 8. The van der Waals surface area contributed by atoms with Gasteiger partial charge in [-0.2, -0.15) is 10.1 Å². The van der Waals surface area contributed by atoms with E-state index in [4.69, 9.17) is 30.3 Å². The first-order chi connectivity index (χ1) is 19.6. The van der Waals surface area contributed by atoms with Gasteiger partial charge in [0.2, 0.25) is 17.8 Å². The van der Waals surface area contributed by atoms with Gasteiger partial charge in [-0.1, -0.05) is 0 Å². The number of hydrogen-bond donors (Lipinski definition) is 2. The maximum absolute atomic E-state index is 13.4. The number of aromatic nitrogens is 6. The molecule has 1 saturated carbocycles. The Kier molecular flexibility index (Phi) is 6.88. The lowest BCUT2D eigenvalue weighted by atomic mass is 10.0. The first-order valence-corrected chi connectivity index (χ1v) is 14.1. The Morgan fingerprint density at radius 3 is 2.37 bits per heavy atom. The molecule has 3 N–H and O–H groups in total. The summed E-state index contributed by atoms with van der Waals surface area (Å²) in [5.74, 6) is 0.749. The van der Waals surface area contributed by atoms with Gasteiger partial charge in [-0.05, 0) is 46.5 Å². The van der Waals surface area contributed by atoms with Crippen LogP contribution in [0, 0.1) is 0 Å². The van der Waals surface area contributed by atoms with Crippen molar-refractivity contribution in [1.82, 2.24) is 39.9 Å². The van der Waals surface area contributed by atoms with Gasteiger partial charge in [-0.25, -0.2) is 24.4 Å². The van der Waals surface area contributed by atoms with Crippen LogP contribution in [-0.2, 0) is 14.3 Å². The zero-order valence-corrected chi connectivity index (χ0v) is 23.7. The van der Waals surface area contributed by atoms with Crippen molar-refractivity contribution in [3.63, 3.8) is 0 Å². The number of nitrogens with two attached hydrogens (primary N) is 1. The maximum Gasteiger partial charge on any atom is 0.408 e. The molecule has 14 nitrogen and oxygen atoms in total. The van der Waals surface area contributed by atoms with Crippen LogP contribution in [0.3, 0.4) is 0 Å². The Morgan fingerprint density at radius 1 is 1.05 bits per heavy atom. The summed E-state index contributed by atoms with van der Waals surface area (Å²) < 4.78 is 12.9. The number of ether oxygens (including phenoxy) is 2. The van der Waals surface area contributed by atoms with Crippen LogP contribution in [0.4, 0.5) is 16.7 Å². The monoisotopic (exact) mass is 564 g/mol. The molecule has 3 aliphatic rings. The summed E-state index contributed by atoms with van der Waals surface area (Å²) >= 11 is 0. The molecule has 14 heteroatoms. The van der Waals surface area contributed by atoms with Crippen LogP contribution >= 0.6 is 0 Å². The lowest BCUT2D eigenvalue weighted by molar-refractivity contribution is -0.136. The van der Waals surface area contributed by atoms with E-state index in [9.17, 15) is 9.59 Å². The number of alkyl carbamates (subject to hydrolysis) is 1. The highest BCUT2D eigenvalue weighted by molar-refractivity contribution is 5.93. The number of nitrogens with one attached hydrogen (secondary N) is 1. The maximum atomic E-state index is 13.4. The zero-order valence-electron chi connectivity index (χ0n) is 23.7. The van der Waals surface area contributed by atoms with Crippen LogP contribution in [0.5, 0.6) is 0 Å². The van der Waals surface area contributed by atoms with Gasteiger partial charge in [0.05, 0.1) is 36.5 Å². The molecule has 3 aromatic heterocycles. The number of likely N-dealkylation sites (tertiary alicyclic amines) is 1. The second-order valence-electron chi connectivity index (χ2n) is 11.9. The SMILES string of the molecule is CC(C)(C)OC(=O)NC1(C(=O)N2CCC(n3ncc4c(-c5cnc(N)nc5)nc(N5CCOCC5)nc43)CC2)CC1.